The Balaban J connectivity index is 1.44. The third-order valence-electron chi connectivity index (χ3n) is 6.35. The van der Waals surface area contributed by atoms with Gasteiger partial charge >= 0.3 is 0 Å². The van der Waals surface area contributed by atoms with Gasteiger partial charge in [-0.2, -0.15) is 8.78 Å². The maximum atomic E-state index is 15.4. The van der Waals surface area contributed by atoms with E-state index in [1.807, 2.05) is 0 Å². The van der Waals surface area contributed by atoms with Crippen molar-refractivity contribution in [3.05, 3.63) is 83.7 Å². The Morgan fingerprint density at radius 1 is 1.10 bits per heavy atom. The molecular formula is C26H19F2N7O4. The van der Waals surface area contributed by atoms with Gasteiger partial charge in [0.05, 0.1) is 25.2 Å². The van der Waals surface area contributed by atoms with Crippen LogP contribution in [0.1, 0.15) is 28.0 Å². The number of anilines is 1. The fraction of sp³-hybridized carbons (Fsp3) is 0.154. The number of amides is 1. The predicted octanol–water partition coefficient (Wildman–Crippen LogP) is 3.56. The maximum absolute atomic E-state index is 15.4. The van der Waals surface area contributed by atoms with E-state index in [1.54, 1.807) is 24.3 Å². The van der Waals surface area contributed by atoms with Gasteiger partial charge in [0, 0.05) is 47.6 Å². The van der Waals surface area contributed by atoms with E-state index in [9.17, 15) is 9.18 Å². The Labute approximate surface area is 219 Å². The Hall–Kier alpha value is -5.20. The van der Waals surface area contributed by atoms with Gasteiger partial charge in [0.2, 0.25) is 11.8 Å². The van der Waals surface area contributed by atoms with Crippen LogP contribution in [0.25, 0.3) is 11.3 Å². The van der Waals surface area contributed by atoms with Crippen molar-refractivity contribution in [3.63, 3.8) is 0 Å². The third kappa shape index (κ3) is 4.23. The highest BCUT2D eigenvalue weighted by Crippen LogP contribution is 2.53. The van der Waals surface area contributed by atoms with Crippen molar-refractivity contribution in [1.29, 1.82) is 0 Å². The zero-order valence-electron chi connectivity index (χ0n) is 20.3. The fourth-order valence-corrected chi connectivity index (χ4v) is 4.57. The van der Waals surface area contributed by atoms with Crippen molar-refractivity contribution < 1.29 is 27.8 Å². The number of nitrogens with two attached hydrogens (primary N) is 1. The minimum absolute atomic E-state index is 0.0671. The Bertz CT molecular complexity index is 1650. The number of nitrogens with zero attached hydrogens (tertiary/aromatic N) is 5. The Morgan fingerprint density at radius 2 is 1.97 bits per heavy atom. The summed E-state index contributed by atoms with van der Waals surface area (Å²) in [5.74, 6) is -1.77. The summed E-state index contributed by atoms with van der Waals surface area (Å²) in [5.41, 5.74) is 6.34. The van der Waals surface area contributed by atoms with E-state index in [1.165, 1.54) is 31.8 Å². The second-order valence-electron chi connectivity index (χ2n) is 8.65. The van der Waals surface area contributed by atoms with E-state index >= 15 is 4.39 Å². The summed E-state index contributed by atoms with van der Waals surface area (Å²) in [6, 6.07) is 8.93. The van der Waals surface area contributed by atoms with E-state index < -0.39 is 23.4 Å². The van der Waals surface area contributed by atoms with Crippen LogP contribution in [0.2, 0.25) is 0 Å². The number of carbonyl (C=O) groups excluding carboxylic acids is 1. The van der Waals surface area contributed by atoms with Crippen LogP contribution >= 0.6 is 0 Å². The molecule has 1 amide bonds. The first-order valence-electron chi connectivity index (χ1n) is 11.7. The van der Waals surface area contributed by atoms with E-state index in [4.69, 9.17) is 19.9 Å². The second-order valence-corrected chi connectivity index (χ2v) is 8.65. The van der Waals surface area contributed by atoms with Gasteiger partial charge in [-0.15, -0.1) is 0 Å². The molecule has 0 fully saturated rings. The molecule has 2 aliphatic heterocycles. The van der Waals surface area contributed by atoms with Crippen LogP contribution in [0.3, 0.4) is 0 Å². The number of nitrogens with one attached hydrogen (secondary N) is 1. The lowest BCUT2D eigenvalue weighted by atomic mass is 9.79. The number of rotatable bonds is 4. The van der Waals surface area contributed by atoms with E-state index in [0.717, 1.165) is 6.07 Å². The summed E-state index contributed by atoms with van der Waals surface area (Å²) in [4.78, 5) is 32.5. The highest BCUT2D eigenvalue weighted by Gasteiger charge is 2.48. The Kier molecular flexibility index (Phi) is 5.74. The molecule has 0 unspecified atom stereocenters. The molecule has 39 heavy (non-hydrogen) atoms. The molecule has 6 rings (SSSR count). The smallest absolute Gasteiger partial charge is 0.283 e. The predicted molar refractivity (Wildman–Crippen MR) is 133 cm³/mol. The minimum Gasteiger partial charge on any atom is -0.480 e. The monoisotopic (exact) mass is 531 g/mol. The molecule has 1 spiro atoms. The van der Waals surface area contributed by atoms with E-state index in [-0.39, 0.29) is 53.3 Å². The van der Waals surface area contributed by atoms with Crippen LogP contribution in [0.15, 0.2) is 60.0 Å². The molecule has 1 atom stereocenters. The number of hydrogen-bond acceptors (Lipinski definition) is 10. The number of benzene rings is 1. The number of methoxy groups -OCH3 is 1. The van der Waals surface area contributed by atoms with Crippen molar-refractivity contribution >= 4 is 17.6 Å². The zero-order valence-corrected chi connectivity index (χ0v) is 20.3. The molecule has 5 heterocycles. The number of aromatic nitrogens is 4. The molecule has 0 radical (unpaired) electrons. The van der Waals surface area contributed by atoms with Crippen molar-refractivity contribution in [3.8, 4) is 28.6 Å². The summed E-state index contributed by atoms with van der Waals surface area (Å²) < 4.78 is 46.3. The molecule has 0 saturated heterocycles. The number of amidine groups is 1. The third-order valence-corrected chi connectivity index (χ3v) is 6.35. The van der Waals surface area contributed by atoms with Crippen LogP contribution < -0.4 is 20.5 Å². The molecule has 3 N–H and O–H groups in total. The number of carbonyl (C=O) groups is 1. The molecule has 196 valence electrons. The van der Waals surface area contributed by atoms with Gasteiger partial charge in [-0.1, -0.05) is 0 Å². The zero-order chi connectivity index (χ0) is 27.1. The molecule has 0 bridgehead atoms. The number of aliphatic imine (C=N–C) groups is 1. The number of fused-ring (bicyclic) bond motifs is 4. The molecule has 4 aromatic rings. The van der Waals surface area contributed by atoms with Gasteiger partial charge in [-0.05, 0) is 30.3 Å². The lowest BCUT2D eigenvalue weighted by molar-refractivity contribution is 0.0624. The number of halogens is 2. The standard InChI is InChI=1S/C26H19F2N7O4/c1-37-21-12-32-18(11-33-21)24(36)34-14-2-3-19-15(9-14)26(5-7-31-25(29)39-26)16-10-17(35-23(28)22(16)38-19)13-4-6-30-20(27)8-13/h2-4,6,8-12H,5,7H2,1H3,(H2,29,31)(H,34,36)/t26-/m0/s1. The summed E-state index contributed by atoms with van der Waals surface area (Å²) in [6.45, 7) is 0.270. The van der Waals surface area contributed by atoms with Crippen LogP contribution in [-0.4, -0.2) is 45.5 Å². The first kappa shape index (κ1) is 24.2. The van der Waals surface area contributed by atoms with Gasteiger partial charge in [0.25, 0.3) is 17.9 Å². The number of ether oxygens (including phenoxy) is 3. The fourth-order valence-electron chi connectivity index (χ4n) is 4.57. The van der Waals surface area contributed by atoms with Crippen molar-refractivity contribution in [2.45, 2.75) is 12.0 Å². The maximum Gasteiger partial charge on any atom is 0.283 e. The summed E-state index contributed by atoms with van der Waals surface area (Å²) in [5, 5.41) is 2.77. The highest BCUT2D eigenvalue weighted by atomic mass is 19.1. The molecule has 0 aliphatic carbocycles. The average Bonchev–Trinajstić information content (AvgIpc) is 2.94. The SMILES string of the molecule is COc1cnc(C(=O)Nc2ccc3c(c2)[C@@]2(CCN=C(N)O2)c2cc(-c4ccnc(F)c4)nc(F)c2O3)cn1. The van der Waals surface area contributed by atoms with Gasteiger partial charge < -0.3 is 25.3 Å². The van der Waals surface area contributed by atoms with Crippen LogP contribution in [0.5, 0.6) is 17.4 Å². The van der Waals surface area contributed by atoms with Crippen molar-refractivity contribution in [1.82, 2.24) is 19.9 Å². The quantitative estimate of drug-likeness (QED) is 0.377. The first-order valence-corrected chi connectivity index (χ1v) is 11.7. The van der Waals surface area contributed by atoms with Gasteiger partial charge in [-0.25, -0.2) is 24.9 Å². The van der Waals surface area contributed by atoms with E-state index in [2.05, 4.69) is 30.2 Å². The molecule has 1 aromatic carbocycles. The normalized spacial score (nSPS) is 17.3. The van der Waals surface area contributed by atoms with Gasteiger partial charge in [0.1, 0.15) is 11.4 Å². The molecule has 3 aromatic heterocycles. The minimum atomic E-state index is -1.33. The Morgan fingerprint density at radius 3 is 2.72 bits per heavy atom. The first-order chi connectivity index (χ1) is 18.9. The van der Waals surface area contributed by atoms with Crippen LogP contribution in [0.4, 0.5) is 14.5 Å². The highest BCUT2D eigenvalue weighted by molar-refractivity contribution is 6.02. The van der Waals surface area contributed by atoms with Crippen molar-refractivity contribution in [2.75, 3.05) is 19.0 Å². The van der Waals surface area contributed by atoms with E-state index in [0.29, 0.717) is 16.8 Å². The summed E-state index contributed by atoms with van der Waals surface area (Å²) in [6.07, 6.45) is 4.14. The molecule has 0 saturated carbocycles. The number of hydrogen-bond donors (Lipinski definition) is 2. The summed E-state index contributed by atoms with van der Waals surface area (Å²) in [7, 11) is 1.44. The molecule has 13 heteroatoms. The van der Waals surface area contributed by atoms with Gasteiger partial charge in [0.15, 0.2) is 11.4 Å². The summed E-state index contributed by atoms with van der Waals surface area (Å²) >= 11 is 0. The topological polar surface area (TPSA) is 147 Å². The molecule has 2 aliphatic rings. The van der Waals surface area contributed by atoms with Gasteiger partial charge in [-0.3, -0.25) is 4.79 Å². The molecular weight excluding hydrogens is 512 g/mol. The average molecular weight is 531 g/mol. The lowest BCUT2D eigenvalue weighted by Gasteiger charge is -2.41. The largest absolute Gasteiger partial charge is 0.480 e. The second kappa shape index (κ2) is 9.28. The van der Waals surface area contributed by atoms with Crippen molar-refractivity contribution in [2.24, 2.45) is 10.7 Å². The number of pyridine rings is 2. The molecule has 11 nitrogen and oxygen atoms in total. The van der Waals surface area contributed by atoms with Crippen LogP contribution in [-0.2, 0) is 10.3 Å². The van der Waals surface area contributed by atoms with Crippen LogP contribution in [0, 0.1) is 11.9 Å². The lowest BCUT2D eigenvalue weighted by Crippen LogP contribution is -2.42.